The van der Waals surface area contributed by atoms with Crippen LogP contribution >= 0.6 is 0 Å². The third-order valence-electron chi connectivity index (χ3n) is 2.82. The van der Waals surface area contributed by atoms with Crippen molar-refractivity contribution in [1.29, 1.82) is 0 Å². The normalized spacial score (nSPS) is 16.4. The van der Waals surface area contributed by atoms with Crippen molar-refractivity contribution in [2.45, 2.75) is 13.1 Å². The van der Waals surface area contributed by atoms with Gasteiger partial charge in [-0.3, -0.25) is 4.79 Å². The summed E-state index contributed by atoms with van der Waals surface area (Å²) in [5.41, 5.74) is 6.42. The minimum Gasteiger partial charge on any atom is -0.370 e. The highest BCUT2D eigenvalue weighted by Gasteiger charge is 2.20. The van der Waals surface area contributed by atoms with E-state index in [1.807, 2.05) is 0 Å². The summed E-state index contributed by atoms with van der Waals surface area (Å²) in [5.74, 6) is -0.414. The molecule has 17 heavy (non-hydrogen) atoms. The van der Waals surface area contributed by atoms with E-state index in [1.54, 1.807) is 23.1 Å². The van der Waals surface area contributed by atoms with Gasteiger partial charge in [0.05, 0.1) is 6.61 Å². The van der Waals surface area contributed by atoms with Gasteiger partial charge in [-0.15, -0.1) is 0 Å². The first-order valence-corrected chi connectivity index (χ1v) is 5.54. The number of hydrogen-bond donors (Lipinski definition) is 1. The molecule has 1 amide bonds. The van der Waals surface area contributed by atoms with Gasteiger partial charge in [-0.2, -0.15) is 0 Å². The Balaban J connectivity index is 2.15. The molecule has 0 bridgehead atoms. The zero-order chi connectivity index (χ0) is 12.3. The van der Waals surface area contributed by atoms with Crippen LogP contribution in [0.15, 0.2) is 18.2 Å². The highest BCUT2D eigenvalue weighted by molar-refractivity contribution is 5.78. The lowest BCUT2D eigenvalue weighted by molar-refractivity contribution is -0.143. The van der Waals surface area contributed by atoms with Gasteiger partial charge in [0.1, 0.15) is 12.4 Å². The van der Waals surface area contributed by atoms with Gasteiger partial charge in [0.15, 0.2) is 0 Å². The fourth-order valence-electron chi connectivity index (χ4n) is 1.84. The van der Waals surface area contributed by atoms with E-state index in [2.05, 4.69) is 0 Å². The van der Waals surface area contributed by atoms with Gasteiger partial charge in [-0.25, -0.2) is 4.39 Å². The lowest BCUT2D eigenvalue weighted by atomic mass is 10.1. The Kier molecular flexibility index (Phi) is 3.71. The summed E-state index contributed by atoms with van der Waals surface area (Å²) in [6.07, 6.45) is 0. The van der Waals surface area contributed by atoms with Gasteiger partial charge in [-0.1, -0.05) is 18.2 Å². The van der Waals surface area contributed by atoms with E-state index in [-0.39, 0.29) is 31.4 Å². The van der Waals surface area contributed by atoms with Crippen molar-refractivity contribution in [2.24, 2.45) is 5.73 Å². The number of rotatable bonds is 3. The van der Waals surface area contributed by atoms with E-state index in [1.165, 1.54) is 0 Å². The SMILES string of the molecule is NCc1cccc(CN2CCOCC2=O)c1F. The van der Waals surface area contributed by atoms with E-state index in [0.717, 1.165) is 0 Å². The Hall–Kier alpha value is -1.46. The molecule has 0 aliphatic carbocycles. The molecule has 1 aliphatic rings. The molecule has 4 nitrogen and oxygen atoms in total. The van der Waals surface area contributed by atoms with E-state index < -0.39 is 0 Å². The van der Waals surface area contributed by atoms with E-state index in [9.17, 15) is 9.18 Å². The lowest BCUT2D eigenvalue weighted by Crippen LogP contribution is -2.41. The number of benzene rings is 1. The molecule has 0 atom stereocenters. The number of carbonyl (C=O) groups is 1. The van der Waals surface area contributed by atoms with Gasteiger partial charge in [0.25, 0.3) is 0 Å². The number of amides is 1. The van der Waals surface area contributed by atoms with Crippen molar-refractivity contribution in [2.75, 3.05) is 19.8 Å². The molecule has 0 saturated carbocycles. The maximum absolute atomic E-state index is 13.9. The molecule has 0 unspecified atom stereocenters. The second kappa shape index (κ2) is 5.25. The largest absolute Gasteiger partial charge is 0.370 e. The lowest BCUT2D eigenvalue weighted by Gasteiger charge is -2.27. The molecule has 1 aliphatic heterocycles. The van der Waals surface area contributed by atoms with Crippen LogP contribution in [-0.2, 0) is 22.6 Å². The first-order valence-electron chi connectivity index (χ1n) is 5.54. The summed E-state index contributed by atoms with van der Waals surface area (Å²) in [5, 5.41) is 0. The van der Waals surface area contributed by atoms with Crippen LogP contribution in [0.5, 0.6) is 0 Å². The standard InChI is InChI=1S/C12H15FN2O2/c13-12-9(6-14)2-1-3-10(12)7-15-4-5-17-8-11(15)16/h1-3H,4-8,14H2. The molecule has 5 heteroatoms. The van der Waals surface area contributed by atoms with Gasteiger partial charge in [-0.05, 0) is 0 Å². The summed E-state index contributed by atoms with van der Waals surface area (Å²) in [7, 11) is 0. The quantitative estimate of drug-likeness (QED) is 0.841. The Labute approximate surface area is 99.2 Å². The average Bonchev–Trinajstić information content (AvgIpc) is 2.34. The summed E-state index contributed by atoms with van der Waals surface area (Å²) < 4.78 is 18.9. The summed E-state index contributed by atoms with van der Waals surface area (Å²) in [4.78, 5) is 13.1. The molecule has 0 radical (unpaired) electrons. The minimum absolute atomic E-state index is 0.0815. The number of nitrogens with zero attached hydrogens (tertiary/aromatic N) is 1. The molecule has 0 spiro atoms. The monoisotopic (exact) mass is 238 g/mol. The van der Waals surface area contributed by atoms with Crippen molar-refractivity contribution in [3.05, 3.63) is 35.1 Å². The topological polar surface area (TPSA) is 55.6 Å². The summed E-state index contributed by atoms with van der Waals surface area (Å²) in [6, 6.07) is 5.09. The fraction of sp³-hybridized carbons (Fsp3) is 0.417. The van der Waals surface area contributed by atoms with Gasteiger partial charge in [0, 0.05) is 30.8 Å². The third kappa shape index (κ3) is 2.62. The third-order valence-corrected chi connectivity index (χ3v) is 2.82. The zero-order valence-corrected chi connectivity index (χ0v) is 9.49. The van der Waals surface area contributed by atoms with Crippen molar-refractivity contribution < 1.29 is 13.9 Å². The van der Waals surface area contributed by atoms with Gasteiger partial charge in [0.2, 0.25) is 5.91 Å². The molecule has 1 fully saturated rings. The highest BCUT2D eigenvalue weighted by Crippen LogP contribution is 2.15. The number of carbonyl (C=O) groups excluding carboxylic acids is 1. The first kappa shape index (κ1) is 12.0. The minimum atomic E-state index is -0.311. The highest BCUT2D eigenvalue weighted by atomic mass is 19.1. The summed E-state index contributed by atoms with van der Waals surface area (Å²) in [6.45, 7) is 1.53. The predicted octanol–water partition coefficient (Wildman–Crippen LogP) is 0.643. The maximum atomic E-state index is 13.9. The Morgan fingerprint density at radius 2 is 2.18 bits per heavy atom. The number of ether oxygens (including phenoxy) is 1. The molecule has 1 saturated heterocycles. The number of morpholine rings is 1. The first-order chi connectivity index (χ1) is 8.22. The van der Waals surface area contributed by atoms with Crippen LogP contribution in [0.3, 0.4) is 0 Å². The van der Waals surface area contributed by atoms with Crippen molar-refractivity contribution in [1.82, 2.24) is 4.90 Å². The van der Waals surface area contributed by atoms with Crippen LogP contribution in [0.4, 0.5) is 4.39 Å². The van der Waals surface area contributed by atoms with Crippen LogP contribution in [0.1, 0.15) is 11.1 Å². The molecule has 0 aromatic heterocycles. The van der Waals surface area contributed by atoms with Crippen molar-refractivity contribution in [3.63, 3.8) is 0 Å². The molecular formula is C12H15FN2O2. The number of nitrogens with two attached hydrogens (primary N) is 1. The molecule has 1 aromatic rings. The van der Waals surface area contributed by atoms with Gasteiger partial charge >= 0.3 is 0 Å². The van der Waals surface area contributed by atoms with E-state index in [0.29, 0.717) is 24.3 Å². The fourth-order valence-corrected chi connectivity index (χ4v) is 1.84. The van der Waals surface area contributed by atoms with Crippen LogP contribution < -0.4 is 5.73 Å². The number of hydrogen-bond acceptors (Lipinski definition) is 3. The van der Waals surface area contributed by atoms with Gasteiger partial charge < -0.3 is 15.4 Å². The van der Waals surface area contributed by atoms with Crippen LogP contribution in [-0.4, -0.2) is 30.6 Å². The second-order valence-electron chi connectivity index (χ2n) is 3.96. The molecule has 1 heterocycles. The van der Waals surface area contributed by atoms with Crippen LogP contribution in [0.25, 0.3) is 0 Å². The molecule has 1 aromatic carbocycles. The second-order valence-corrected chi connectivity index (χ2v) is 3.96. The smallest absolute Gasteiger partial charge is 0.248 e. The Bertz CT molecular complexity index is 423. The summed E-state index contributed by atoms with van der Waals surface area (Å²) >= 11 is 0. The molecular weight excluding hydrogens is 223 g/mol. The van der Waals surface area contributed by atoms with Crippen LogP contribution in [0.2, 0.25) is 0 Å². The molecule has 2 rings (SSSR count). The van der Waals surface area contributed by atoms with Crippen molar-refractivity contribution >= 4 is 5.91 Å². The predicted molar refractivity (Wildman–Crippen MR) is 60.5 cm³/mol. The molecule has 92 valence electrons. The van der Waals surface area contributed by atoms with Crippen molar-refractivity contribution in [3.8, 4) is 0 Å². The van der Waals surface area contributed by atoms with E-state index >= 15 is 0 Å². The number of halogens is 1. The molecule has 2 N–H and O–H groups in total. The van der Waals surface area contributed by atoms with E-state index in [4.69, 9.17) is 10.5 Å². The Morgan fingerprint density at radius 1 is 1.41 bits per heavy atom. The maximum Gasteiger partial charge on any atom is 0.248 e. The van der Waals surface area contributed by atoms with Crippen LogP contribution in [0, 0.1) is 5.82 Å². The zero-order valence-electron chi connectivity index (χ0n) is 9.49. The Morgan fingerprint density at radius 3 is 2.88 bits per heavy atom. The average molecular weight is 238 g/mol.